The van der Waals surface area contributed by atoms with Gasteiger partial charge in [-0.25, -0.2) is 17.9 Å². The number of nitrogens with one attached hydrogen (secondary N) is 3. The molecule has 1 aromatic carbocycles. The molecule has 140 valence electrons. The number of anilines is 1. The van der Waals surface area contributed by atoms with Gasteiger partial charge in [-0.2, -0.15) is 0 Å². The van der Waals surface area contributed by atoms with Gasteiger partial charge in [0.2, 0.25) is 10.0 Å². The highest BCUT2D eigenvalue weighted by Gasteiger charge is 2.14. The maximum absolute atomic E-state index is 11.7. The van der Waals surface area contributed by atoms with Crippen molar-refractivity contribution < 1.29 is 22.7 Å². The lowest BCUT2D eigenvalue weighted by Crippen LogP contribution is -2.36. The number of rotatable bonds is 8. The van der Waals surface area contributed by atoms with Crippen LogP contribution in [0.4, 0.5) is 10.5 Å². The molecular weight excluding hydrogens is 346 g/mol. The van der Waals surface area contributed by atoms with Crippen molar-refractivity contribution >= 4 is 21.7 Å². The van der Waals surface area contributed by atoms with E-state index in [-0.39, 0.29) is 19.2 Å². The summed E-state index contributed by atoms with van der Waals surface area (Å²) in [7, 11) is -3.24. The Hall–Kier alpha value is -1.84. The first-order chi connectivity index (χ1) is 11.9. The molecule has 9 heteroatoms. The number of carbonyl (C=O) groups excluding carboxylic acids is 1. The summed E-state index contributed by atoms with van der Waals surface area (Å²) in [6, 6.07) is 6.64. The van der Waals surface area contributed by atoms with Crippen LogP contribution in [0.5, 0.6) is 5.75 Å². The quantitative estimate of drug-likeness (QED) is 0.598. The van der Waals surface area contributed by atoms with Crippen molar-refractivity contribution in [1.29, 1.82) is 0 Å². The lowest BCUT2D eigenvalue weighted by Gasteiger charge is -2.22. The number of carbonyl (C=O) groups is 1. The van der Waals surface area contributed by atoms with Gasteiger partial charge in [0, 0.05) is 25.4 Å². The Bertz CT molecular complexity index is 642. The molecule has 1 aromatic rings. The fourth-order valence-corrected chi connectivity index (χ4v) is 2.82. The van der Waals surface area contributed by atoms with E-state index in [4.69, 9.17) is 9.47 Å². The van der Waals surface area contributed by atoms with E-state index in [0.29, 0.717) is 12.3 Å². The third-order valence-corrected chi connectivity index (χ3v) is 4.33. The minimum atomic E-state index is -3.24. The predicted octanol–water partition coefficient (Wildman–Crippen LogP) is 1.31. The van der Waals surface area contributed by atoms with E-state index >= 15 is 0 Å². The highest BCUT2D eigenvalue weighted by Crippen LogP contribution is 2.18. The van der Waals surface area contributed by atoms with Crippen molar-refractivity contribution in [3.8, 4) is 5.75 Å². The van der Waals surface area contributed by atoms with Crippen molar-refractivity contribution in [2.24, 2.45) is 0 Å². The maximum atomic E-state index is 11.7. The minimum Gasteiger partial charge on any atom is -0.491 e. The van der Waals surface area contributed by atoms with Gasteiger partial charge in [0.1, 0.15) is 12.4 Å². The molecule has 2 amide bonds. The van der Waals surface area contributed by atoms with Crippen molar-refractivity contribution in [3.63, 3.8) is 0 Å². The van der Waals surface area contributed by atoms with Crippen molar-refractivity contribution in [3.05, 3.63) is 24.3 Å². The fraction of sp³-hybridized carbons (Fsp3) is 0.562. The molecule has 3 N–H and O–H groups in total. The van der Waals surface area contributed by atoms with E-state index in [2.05, 4.69) is 15.4 Å². The number of benzene rings is 1. The number of hydrogen-bond acceptors (Lipinski definition) is 5. The second-order valence-corrected chi connectivity index (χ2v) is 7.70. The fourth-order valence-electron chi connectivity index (χ4n) is 2.35. The summed E-state index contributed by atoms with van der Waals surface area (Å²) in [5, 5.41) is 5.23. The van der Waals surface area contributed by atoms with Crippen LogP contribution in [0, 0.1) is 0 Å². The molecular formula is C16H25N3O5S. The van der Waals surface area contributed by atoms with Gasteiger partial charge in [-0.1, -0.05) is 0 Å². The van der Waals surface area contributed by atoms with Crippen LogP contribution >= 0.6 is 0 Å². The Labute approximate surface area is 148 Å². The summed E-state index contributed by atoms with van der Waals surface area (Å²) >= 11 is 0. The van der Waals surface area contributed by atoms with Gasteiger partial charge in [-0.3, -0.25) is 0 Å². The third kappa shape index (κ3) is 8.19. The summed E-state index contributed by atoms with van der Waals surface area (Å²) in [5.74, 6) is 0.720. The van der Waals surface area contributed by atoms with Gasteiger partial charge >= 0.3 is 6.03 Å². The lowest BCUT2D eigenvalue weighted by molar-refractivity contribution is -0.0110. The molecule has 8 nitrogen and oxygen atoms in total. The van der Waals surface area contributed by atoms with Crippen molar-refractivity contribution in [2.75, 3.05) is 37.9 Å². The lowest BCUT2D eigenvalue weighted by atomic mass is 10.1. The second-order valence-electron chi connectivity index (χ2n) is 5.87. The summed E-state index contributed by atoms with van der Waals surface area (Å²) < 4.78 is 35.4. The van der Waals surface area contributed by atoms with Crippen LogP contribution in [0.2, 0.25) is 0 Å². The zero-order valence-corrected chi connectivity index (χ0v) is 15.1. The molecule has 1 unspecified atom stereocenters. The summed E-state index contributed by atoms with van der Waals surface area (Å²) in [6.45, 7) is 1.66. The summed E-state index contributed by atoms with van der Waals surface area (Å²) in [4.78, 5) is 11.7. The van der Waals surface area contributed by atoms with Gasteiger partial charge in [0.25, 0.3) is 0 Å². The van der Waals surface area contributed by atoms with Gasteiger partial charge in [-0.05, 0) is 43.5 Å². The van der Waals surface area contributed by atoms with E-state index in [9.17, 15) is 13.2 Å². The largest absolute Gasteiger partial charge is 0.491 e. The van der Waals surface area contributed by atoms with Crippen LogP contribution in [0.1, 0.15) is 19.3 Å². The molecule has 1 aliphatic heterocycles. The Morgan fingerprint density at radius 2 is 2.00 bits per heavy atom. The first-order valence-corrected chi connectivity index (χ1v) is 10.2. The summed E-state index contributed by atoms with van der Waals surface area (Å²) in [5.41, 5.74) is 0.620. The maximum Gasteiger partial charge on any atom is 0.319 e. The molecule has 0 spiro atoms. The number of ether oxygens (including phenoxy) is 2. The first kappa shape index (κ1) is 19.5. The molecule has 25 heavy (non-hydrogen) atoms. The molecule has 0 aromatic heterocycles. The minimum absolute atomic E-state index is 0.141. The first-order valence-electron chi connectivity index (χ1n) is 8.26. The molecule has 1 heterocycles. The molecule has 0 aliphatic carbocycles. The SMILES string of the molecule is CS(=O)(=O)NCCNC(=O)Nc1ccc(OCC2CCCCO2)cc1. The number of sulfonamides is 1. The molecule has 2 rings (SSSR count). The Balaban J connectivity index is 1.67. The normalized spacial score (nSPS) is 17.7. The van der Waals surface area contributed by atoms with Gasteiger partial charge in [0.05, 0.1) is 12.4 Å². The Kier molecular flexibility index (Phi) is 7.48. The van der Waals surface area contributed by atoms with Gasteiger partial charge in [-0.15, -0.1) is 0 Å². The Morgan fingerprint density at radius 1 is 1.24 bits per heavy atom. The molecule has 0 saturated carbocycles. The highest BCUT2D eigenvalue weighted by atomic mass is 32.2. The van der Waals surface area contributed by atoms with Crippen LogP contribution in [-0.4, -0.2) is 53.1 Å². The topological polar surface area (TPSA) is 106 Å². The third-order valence-electron chi connectivity index (χ3n) is 3.60. The monoisotopic (exact) mass is 371 g/mol. The number of urea groups is 1. The summed E-state index contributed by atoms with van der Waals surface area (Å²) in [6.07, 6.45) is 4.53. The predicted molar refractivity (Wildman–Crippen MR) is 95.4 cm³/mol. The van der Waals surface area contributed by atoms with Gasteiger partial charge < -0.3 is 20.1 Å². The van der Waals surface area contributed by atoms with Gasteiger partial charge in [0.15, 0.2) is 0 Å². The van der Waals surface area contributed by atoms with Crippen molar-refractivity contribution in [2.45, 2.75) is 25.4 Å². The van der Waals surface area contributed by atoms with E-state index in [1.807, 2.05) is 0 Å². The van der Waals surface area contributed by atoms with Crippen LogP contribution in [-0.2, 0) is 14.8 Å². The highest BCUT2D eigenvalue weighted by molar-refractivity contribution is 7.88. The molecule has 1 saturated heterocycles. The molecule has 0 radical (unpaired) electrons. The van der Waals surface area contributed by atoms with Crippen LogP contribution in [0.15, 0.2) is 24.3 Å². The average molecular weight is 371 g/mol. The van der Waals surface area contributed by atoms with Crippen molar-refractivity contribution in [1.82, 2.24) is 10.0 Å². The zero-order valence-electron chi connectivity index (χ0n) is 14.3. The second kappa shape index (κ2) is 9.59. The van der Waals surface area contributed by atoms with Crippen LogP contribution < -0.4 is 20.1 Å². The molecule has 0 bridgehead atoms. The van der Waals surface area contributed by atoms with Crippen LogP contribution in [0.25, 0.3) is 0 Å². The van der Waals surface area contributed by atoms with E-state index < -0.39 is 16.1 Å². The van der Waals surface area contributed by atoms with E-state index in [0.717, 1.165) is 31.5 Å². The number of hydrogen-bond donors (Lipinski definition) is 3. The van der Waals surface area contributed by atoms with Crippen LogP contribution in [0.3, 0.4) is 0 Å². The molecule has 1 atom stereocenters. The van der Waals surface area contributed by atoms with E-state index in [1.165, 1.54) is 6.42 Å². The van der Waals surface area contributed by atoms with E-state index in [1.54, 1.807) is 24.3 Å². The molecule has 1 aliphatic rings. The molecule has 1 fully saturated rings. The standard InChI is InChI=1S/C16H25N3O5S/c1-25(21,22)18-10-9-17-16(20)19-13-5-7-14(8-6-13)24-12-15-4-2-3-11-23-15/h5-8,15,18H,2-4,9-12H2,1H3,(H2,17,19,20). The average Bonchev–Trinajstić information content (AvgIpc) is 2.58. The smallest absolute Gasteiger partial charge is 0.319 e. The zero-order chi connectivity index (χ0) is 18.1. The number of amides is 2. The Morgan fingerprint density at radius 3 is 2.64 bits per heavy atom.